The van der Waals surface area contributed by atoms with Gasteiger partial charge in [0.2, 0.25) is 0 Å². The van der Waals surface area contributed by atoms with E-state index in [0.717, 1.165) is 0 Å². The van der Waals surface area contributed by atoms with E-state index in [1.807, 2.05) is 0 Å². The van der Waals surface area contributed by atoms with Gasteiger partial charge in [0.15, 0.2) is 12.6 Å². The highest BCUT2D eigenvalue weighted by molar-refractivity contribution is 4.91. The van der Waals surface area contributed by atoms with E-state index >= 15 is 0 Å². The zero-order valence-electron chi connectivity index (χ0n) is 7.74. The first-order valence-electron chi connectivity index (χ1n) is 4.56. The van der Waals surface area contributed by atoms with Gasteiger partial charge in [-0.05, 0) is 6.92 Å². The van der Waals surface area contributed by atoms with Crippen LogP contribution in [0.3, 0.4) is 0 Å². The van der Waals surface area contributed by atoms with E-state index in [2.05, 4.69) is 0 Å². The minimum atomic E-state index is -1.38. The first-order chi connectivity index (χ1) is 6.59. The predicted octanol–water partition coefficient (Wildman–Crippen LogP) is -1.81. The van der Waals surface area contributed by atoms with Crippen LogP contribution in [0.4, 0.5) is 0 Å². The molecule has 0 spiro atoms. The molecule has 2 aliphatic rings. The Morgan fingerprint density at radius 1 is 1.07 bits per heavy atom. The summed E-state index contributed by atoms with van der Waals surface area (Å²) in [4.78, 5) is 0. The zero-order valence-corrected chi connectivity index (χ0v) is 7.74. The van der Waals surface area contributed by atoms with Gasteiger partial charge in [-0.25, -0.2) is 0 Å². The van der Waals surface area contributed by atoms with Gasteiger partial charge >= 0.3 is 0 Å². The lowest BCUT2D eigenvalue weighted by Gasteiger charge is -2.44. The fraction of sp³-hybridized carbons (Fsp3) is 1.00. The molecule has 0 saturated carbocycles. The van der Waals surface area contributed by atoms with Crippen LogP contribution < -0.4 is 0 Å². The molecule has 6 nitrogen and oxygen atoms in total. The molecule has 2 saturated heterocycles. The molecule has 14 heavy (non-hydrogen) atoms. The number of aliphatic hydroxyl groups excluding tert-OH is 3. The maximum absolute atomic E-state index is 9.59. The van der Waals surface area contributed by atoms with Crippen LogP contribution in [-0.4, -0.2) is 58.9 Å². The van der Waals surface area contributed by atoms with Gasteiger partial charge in [0.1, 0.15) is 24.4 Å². The fourth-order valence-electron chi connectivity index (χ4n) is 1.71. The predicted molar refractivity (Wildman–Crippen MR) is 43.2 cm³/mol. The Labute approximate surface area is 81.0 Å². The molecular weight excluding hydrogens is 192 g/mol. The highest BCUT2D eigenvalue weighted by Crippen LogP contribution is 2.27. The molecular formula is C8H14O6. The van der Waals surface area contributed by atoms with Crippen molar-refractivity contribution in [1.29, 1.82) is 0 Å². The number of rotatable bonds is 0. The third-order valence-corrected chi connectivity index (χ3v) is 2.50. The smallest absolute Gasteiger partial charge is 0.184 e. The number of hydrogen-bond donors (Lipinski definition) is 3. The second-order valence-electron chi connectivity index (χ2n) is 3.55. The number of fused-ring (bicyclic) bond motifs is 1. The molecule has 2 heterocycles. The van der Waals surface area contributed by atoms with Gasteiger partial charge in [0.25, 0.3) is 0 Å². The second kappa shape index (κ2) is 3.73. The Kier molecular flexibility index (Phi) is 2.74. The van der Waals surface area contributed by atoms with E-state index in [4.69, 9.17) is 14.2 Å². The summed E-state index contributed by atoms with van der Waals surface area (Å²) < 4.78 is 15.4. The lowest BCUT2D eigenvalue weighted by molar-refractivity contribution is -0.348. The molecule has 0 bridgehead atoms. The molecule has 0 radical (unpaired) electrons. The van der Waals surface area contributed by atoms with E-state index in [0.29, 0.717) is 0 Å². The van der Waals surface area contributed by atoms with E-state index in [-0.39, 0.29) is 6.61 Å². The van der Waals surface area contributed by atoms with Gasteiger partial charge in [-0.15, -0.1) is 0 Å². The molecule has 0 aromatic heterocycles. The molecule has 0 aliphatic carbocycles. The minimum absolute atomic E-state index is 0.243. The Morgan fingerprint density at radius 2 is 1.79 bits per heavy atom. The van der Waals surface area contributed by atoms with Crippen molar-refractivity contribution in [3.8, 4) is 0 Å². The lowest BCUT2D eigenvalue weighted by Crippen LogP contribution is -2.62. The largest absolute Gasteiger partial charge is 0.387 e. The van der Waals surface area contributed by atoms with Crippen molar-refractivity contribution in [2.75, 3.05) is 6.61 Å². The van der Waals surface area contributed by atoms with E-state index in [1.165, 1.54) is 0 Å². The summed E-state index contributed by atoms with van der Waals surface area (Å²) in [5.74, 6) is 0. The third kappa shape index (κ3) is 1.65. The first-order valence-corrected chi connectivity index (χ1v) is 4.56. The summed E-state index contributed by atoms with van der Waals surface area (Å²) in [6, 6.07) is 0. The van der Waals surface area contributed by atoms with Crippen molar-refractivity contribution in [3.63, 3.8) is 0 Å². The average Bonchev–Trinajstić information content (AvgIpc) is 2.16. The molecule has 0 aromatic carbocycles. The first kappa shape index (κ1) is 10.3. The summed E-state index contributed by atoms with van der Waals surface area (Å²) >= 11 is 0. The lowest BCUT2D eigenvalue weighted by atomic mass is 9.98. The van der Waals surface area contributed by atoms with Crippen molar-refractivity contribution >= 4 is 0 Å². The molecule has 0 amide bonds. The highest BCUT2D eigenvalue weighted by atomic mass is 16.7. The topological polar surface area (TPSA) is 88.4 Å². The quantitative estimate of drug-likeness (QED) is 0.433. The number of hydrogen-bond acceptors (Lipinski definition) is 6. The van der Waals surface area contributed by atoms with Crippen molar-refractivity contribution in [1.82, 2.24) is 0 Å². The normalized spacial score (nSPS) is 54.0. The monoisotopic (exact) mass is 206 g/mol. The van der Waals surface area contributed by atoms with Crippen molar-refractivity contribution in [2.24, 2.45) is 0 Å². The molecule has 3 N–H and O–H groups in total. The van der Waals surface area contributed by atoms with Gasteiger partial charge in [-0.3, -0.25) is 0 Å². The maximum atomic E-state index is 9.59. The highest BCUT2D eigenvalue weighted by Gasteiger charge is 2.47. The van der Waals surface area contributed by atoms with Crippen LogP contribution in [0.1, 0.15) is 6.92 Å². The van der Waals surface area contributed by atoms with Crippen molar-refractivity contribution < 1.29 is 29.5 Å². The summed E-state index contributed by atoms with van der Waals surface area (Å²) in [5.41, 5.74) is 0. The van der Waals surface area contributed by atoms with E-state index in [1.54, 1.807) is 6.92 Å². The third-order valence-electron chi connectivity index (χ3n) is 2.50. The molecule has 2 fully saturated rings. The van der Waals surface area contributed by atoms with Gasteiger partial charge in [-0.1, -0.05) is 0 Å². The van der Waals surface area contributed by atoms with Gasteiger partial charge < -0.3 is 29.5 Å². The fourth-order valence-corrected chi connectivity index (χ4v) is 1.71. The summed E-state index contributed by atoms with van der Waals surface area (Å²) in [6.07, 6.45) is -5.46. The maximum Gasteiger partial charge on any atom is 0.184 e. The van der Waals surface area contributed by atoms with Gasteiger partial charge in [-0.2, -0.15) is 0 Å². The molecule has 6 heteroatoms. The Balaban J connectivity index is 2.08. The minimum Gasteiger partial charge on any atom is -0.387 e. The van der Waals surface area contributed by atoms with Gasteiger partial charge in [0, 0.05) is 0 Å². The van der Waals surface area contributed by atoms with E-state index in [9.17, 15) is 15.3 Å². The summed E-state index contributed by atoms with van der Waals surface area (Å²) in [6.45, 7) is 1.94. The SMILES string of the molecule is CC1OC[C@H]2O[C@@H](O)[C@H](O)[C@@H](O)[C@H]2O1. The summed E-state index contributed by atoms with van der Waals surface area (Å²) in [7, 11) is 0. The van der Waals surface area contributed by atoms with Crippen molar-refractivity contribution in [3.05, 3.63) is 0 Å². The zero-order chi connectivity index (χ0) is 10.3. The van der Waals surface area contributed by atoms with Crippen LogP contribution in [0.5, 0.6) is 0 Å². The van der Waals surface area contributed by atoms with Crippen LogP contribution in [0, 0.1) is 0 Å². The van der Waals surface area contributed by atoms with E-state index < -0.39 is 37.0 Å². The van der Waals surface area contributed by atoms with Gasteiger partial charge in [0.05, 0.1) is 6.61 Å². The Hall–Kier alpha value is -0.240. The van der Waals surface area contributed by atoms with Crippen LogP contribution in [0.2, 0.25) is 0 Å². The number of aliphatic hydroxyl groups is 3. The summed E-state index contributed by atoms with van der Waals surface area (Å²) in [5, 5.41) is 28.1. The van der Waals surface area contributed by atoms with Crippen LogP contribution in [0.25, 0.3) is 0 Å². The van der Waals surface area contributed by atoms with Crippen LogP contribution in [0.15, 0.2) is 0 Å². The average molecular weight is 206 g/mol. The second-order valence-corrected chi connectivity index (χ2v) is 3.55. The molecule has 0 aromatic rings. The molecule has 2 rings (SSSR count). The van der Waals surface area contributed by atoms with Crippen molar-refractivity contribution in [2.45, 2.75) is 43.9 Å². The number of ether oxygens (including phenoxy) is 3. The van der Waals surface area contributed by atoms with Crippen LogP contribution in [-0.2, 0) is 14.2 Å². The molecule has 6 atom stereocenters. The Morgan fingerprint density at radius 3 is 2.50 bits per heavy atom. The van der Waals surface area contributed by atoms with Crippen LogP contribution >= 0.6 is 0 Å². The molecule has 2 aliphatic heterocycles. The Bertz CT molecular complexity index is 208. The molecule has 82 valence electrons. The molecule has 1 unspecified atom stereocenters. The standard InChI is InChI=1S/C8H14O6/c1-3-12-2-4-7(13-3)5(9)6(10)8(11)14-4/h3-11H,2H2,1H3/t3?,4-,5-,6-,7+,8-/m1/s1.